The van der Waals surface area contributed by atoms with Crippen LogP contribution in [-0.4, -0.2) is 39.3 Å². The predicted octanol–water partition coefficient (Wildman–Crippen LogP) is 8.81. The van der Waals surface area contributed by atoms with Gasteiger partial charge in [-0.25, -0.2) is 9.59 Å². The summed E-state index contributed by atoms with van der Waals surface area (Å²) in [6.07, 6.45) is -0.628. The molecule has 2 amide bonds. The van der Waals surface area contributed by atoms with Gasteiger partial charge in [-0.15, -0.1) is 0 Å². The molecule has 10 heteroatoms. The Labute approximate surface area is 248 Å². The Morgan fingerprint density at radius 3 is 2.32 bits per heavy atom. The molecule has 0 fully saturated rings. The number of aryl methyl sites for hydroxylation is 1. The van der Waals surface area contributed by atoms with Crippen molar-refractivity contribution in [2.45, 2.75) is 58.4 Å². The number of hydrogen-bond acceptors (Lipinski definition) is 5. The second-order valence-electron chi connectivity index (χ2n) is 11.2. The number of carboxylic acid groups (broad SMARTS) is 1. The predicted molar refractivity (Wildman–Crippen MR) is 167 cm³/mol. The number of carbonyl (C=O) groups is 2. The summed E-state index contributed by atoms with van der Waals surface area (Å²) in [5.41, 5.74) is 4.30. The smallest absolute Gasteiger partial charge is 0.411 e. The molecule has 220 valence electrons. The van der Waals surface area contributed by atoms with Crippen LogP contribution in [0.3, 0.4) is 0 Å². The Hall–Kier alpha value is -3.53. The number of ether oxygens (including phenoxy) is 2. The van der Waals surface area contributed by atoms with E-state index in [-0.39, 0.29) is 11.6 Å². The van der Waals surface area contributed by atoms with Gasteiger partial charge in [0, 0.05) is 17.2 Å². The highest BCUT2D eigenvalue weighted by atomic mass is 35.5. The number of carbonyl (C=O) groups excluding carboxylic acids is 1. The summed E-state index contributed by atoms with van der Waals surface area (Å²) in [5, 5.41) is 14.9. The molecule has 0 bridgehead atoms. The molecule has 0 aromatic heterocycles. The van der Waals surface area contributed by atoms with E-state index in [0.29, 0.717) is 41.6 Å². The van der Waals surface area contributed by atoms with E-state index in [2.05, 4.69) is 44.5 Å². The molecule has 3 rings (SSSR count). The van der Waals surface area contributed by atoms with Gasteiger partial charge in [-0.2, -0.15) is 0 Å². The molecule has 3 aromatic carbocycles. The molecule has 0 saturated heterocycles. The normalized spacial score (nSPS) is 11.6. The summed E-state index contributed by atoms with van der Waals surface area (Å²) >= 11 is 6.47. The Morgan fingerprint density at radius 2 is 1.68 bits per heavy atom. The van der Waals surface area contributed by atoms with Gasteiger partial charge in [-0.05, 0) is 54.2 Å². The Balaban J connectivity index is 1.57. The van der Waals surface area contributed by atoms with Crippen molar-refractivity contribution in [1.29, 1.82) is 0 Å². The zero-order valence-electron chi connectivity index (χ0n) is 24.5. The fourth-order valence-electron chi connectivity index (χ4n) is 3.89. The van der Waals surface area contributed by atoms with Gasteiger partial charge in [0.25, 0.3) is 0 Å². The van der Waals surface area contributed by atoms with Crippen LogP contribution in [0.2, 0.25) is 23.2 Å². The monoisotopic (exact) mass is 598 g/mol. The largest absolute Gasteiger partial charge is 0.496 e. The first-order valence-corrected chi connectivity index (χ1v) is 16.7. The SMILES string of the molecule is COc1cc(NC(=O)OCCCc2ccc(-c3ccccc3)c(NC(=O)O)c2)c(Cl)cc1CO[Si](C)(C)C(C)(C)C. The molecule has 0 saturated carbocycles. The van der Waals surface area contributed by atoms with Crippen LogP contribution in [0.25, 0.3) is 11.1 Å². The highest BCUT2D eigenvalue weighted by molar-refractivity contribution is 6.74. The zero-order valence-corrected chi connectivity index (χ0v) is 26.2. The summed E-state index contributed by atoms with van der Waals surface area (Å²) in [7, 11) is -0.410. The van der Waals surface area contributed by atoms with Crippen LogP contribution in [0, 0.1) is 0 Å². The van der Waals surface area contributed by atoms with E-state index in [1.165, 1.54) is 0 Å². The van der Waals surface area contributed by atoms with Crippen molar-refractivity contribution in [3.05, 3.63) is 76.8 Å². The Bertz CT molecular complexity index is 1360. The van der Waals surface area contributed by atoms with Gasteiger partial charge in [0.1, 0.15) is 5.75 Å². The highest BCUT2D eigenvalue weighted by Crippen LogP contribution is 2.38. The van der Waals surface area contributed by atoms with Crippen molar-refractivity contribution < 1.29 is 28.6 Å². The number of methoxy groups -OCH3 is 1. The second kappa shape index (κ2) is 13.9. The molecule has 3 aromatic rings. The van der Waals surface area contributed by atoms with Crippen molar-refractivity contribution >= 4 is 43.5 Å². The zero-order chi connectivity index (χ0) is 30.2. The summed E-state index contributed by atoms with van der Waals surface area (Å²) in [5.74, 6) is 0.563. The van der Waals surface area contributed by atoms with Crippen molar-refractivity contribution in [2.24, 2.45) is 0 Å². The third-order valence-corrected chi connectivity index (χ3v) is 12.0. The van der Waals surface area contributed by atoms with Crippen LogP contribution in [0.5, 0.6) is 5.75 Å². The molecule has 0 unspecified atom stereocenters. The minimum atomic E-state index is -1.97. The molecule has 0 heterocycles. The number of anilines is 2. The third-order valence-electron chi connectivity index (χ3n) is 7.25. The number of nitrogens with one attached hydrogen (secondary N) is 2. The maximum atomic E-state index is 12.5. The molecule has 41 heavy (non-hydrogen) atoms. The topological polar surface area (TPSA) is 106 Å². The summed E-state index contributed by atoms with van der Waals surface area (Å²) in [4.78, 5) is 23.8. The van der Waals surface area contributed by atoms with Gasteiger partial charge in [0.2, 0.25) is 0 Å². The van der Waals surface area contributed by atoms with Gasteiger partial charge < -0.3 is 19.0 Å². The van der Waals surface area contributed by atoms with E-state index in [1.807, 2.05) is 42.5 Å². The fraction of sp³-hybridized carbons (Fsp3) is 0.355. The quantitative estimate of drug-likeness (QED) is 0.150. The first-order chi connectivity index (χ1) is 19.3. The van der Waals surface area contributed by atoms with Gasteiger partial charge >= 0.3 is 12.2 Å². The van der Waals surface area contributed by atoms with Crippen molar-refractivity contribution in [2.75, 3.05) is 24.4 Å². The summed E-state index contributed by atoms with van der Waals surface area (Å²) < 4.78 is 17.2. The van der Waals surface area contributed by atoms with E-state index in [4.69, 9.17) is 25.5 Å². The second-order valence-corrected chi connectivity index (χ2v) is 16.4. The number of amides is 2. The average Bonchev–Trinajstić information content (AvgIpc) is 2.91. The van der Waals surface area contributed by atoms with Crippen molar-refractivity contribution in [3.8, 4) is 16.9 Å². The molecule has 3 N–H and O–H groups in total. The first kappa shape index (κ1) is 32.0. The molecule has 8 nitrogen and oxygen atoms in total. The number of benzene rings is 3. The molecule has 0 aliphatic rings. The van der Waals surface area contributed by atoms with Gasteiger partial charge in [0.05, 0.1) is 36.7 Å². The standard InChI is InChI=1S/C31H39ClN2O6Si/c1-31(2,3)41(5,6)40-20-23-18-25(32)27(19-28(23)38-4)34-30(37)39-16-10-11-21-14-15-24(22-12-8-7-9-13-22)26(17-21)33-29(35)36/h7-9,12-15,17-19,33H,10-11,16,20H2,1-6H3,(H,34,37)(H,35,36). The lowest BCUT2D eigenvalue weighted by Crippen LogP contribution is -2.40. The number of hydrogen-bond donors (Lipinski definition) is 3. The lowest BCUT2D eigenvalue weighted by atomic mass is 10.00. The molecule has 0 aliphatic carbocycles. The molecule has 0 aliphatic heterocycles. The van der Waals surface area contributed by atoms with E-state index in [9.17, 15) is 14.7 Å². The molecule has 0 spiro atoms. The van der Waals surface area contributed by atoms with Crippen LogP contribution in [0.15, 0.2) is 60.7 Å². The lowest BCUT2D eigenvalue weighted by molar-refractivity contribution is 0.160. The van der Waals surface area contributed by atoms with Crippen molar-refractivity contribution in [1.82, 2.24) is 0 Å². The molecular weight excluding hydrogens is 560 g/mol. The van der Waals surface area contributed by atoms with Gasteiger partial charge in [-0.3, -0.25) is 10.6 Å². The Kier molecular flexibility index (Phi) is 10.8. The van der Waals surface area contributed by atoms with Crippen LogP contribution in [0.1, 0.15) is 38.3 Å². The average molecular weight is 599 g/mol. The maximum absolute atomic E-state index is 12.5. The Morgan fingerprint density at radius 1 is 0.976 bits per heavy atom. The molecule has 0 atom stereocenters. The van der Waals surface area contributed by atoms with E-state index >= 15 is 0 Å². The fourth-order valence-corrected chi connectivity index (χ4v) is 5.07. The van der Waals surface area contributed by atoms with Crippen molar-refractivity contribution in [3.63, 3.8) is 0 Å². The highest BCUT2D eigenvalue weighted by Gasteiger charge is 2.37. The lowest BCUT2D eigenvalue weighted by Gasteiger charge is -2.36. The van der Waals surface area contributed by atoms with E-state index in [1.54, 1.807) is 25.3 Å². The summed E-state index contributed by atoms with van der Waals surface area (Å²) in [6, 6.07) is 18.6. The van der Waals surface area contributed by atoms with Crippen LogP contribution >= 0.6 is 11.6 Å². The minimum absolute atomic E-state index is 0.0680. The summed E-state index contributed by atoms with van der Waals surface area (Å²) in [6.45, 7) is 11.4. The number of halogens is 1. The third kappa shape index (κ3) is 8.98. The first-order valence-electron chi connectivity index (χ1n) is 13.4. The van der Waals surface area contributed by atoms with Gasteiger partial charge in [-0.1, -0.05) is 74.8 Å². The van der Waals surface area contributed by atoms with Crippen LogP contribution in [-0.2, 0) is 22.2 Å². The maximum Gasteiger partial charge on any atom is 0.411 e. The van der Waals surface area contributed by atoms with E-state index < -0.39 is 20.5 Å². The minimum Gasteiger partial charge on any atom is -0.496 e. The number of rotatable bonds is 11. The van der Waals surface area contributed by atoms with Crippen LogP contribution < -0.4 is 15.4 Å². The van der Waals surface area contributed by atoms with E-state index in [0.717, 1.165) is 22.3 Å². The molecular formula is C31H39ClN2O6Si. The molecule has 0 radical (unpaired) electrons. The van der Waals surface area contributed by atoms with Gasteiger partial charge in [0.15, 0.2) is 8.32 Å². The van der Waals surface area contributed by atoms with Crippen LogP contribution in [0.4, 0.5) is 21.0 Å².